The minimum atomic E-state index is -4.04. The second-order valence-electron chi connectivity index (χ2n) is 6.25. The Morgan fingerprint density at radius 1 is 1.25 bits per heavy atom. The molecule has 0 aromatic heterocycles. The van der Waals surface area contributed by atoms with Crippen LogP contribution in [0.2, 0.25) is 0 Å². The van der Waals surface area contributed by atoms with E-state index in [9.17, 15) is 13.2 Å². The first-order chi connectivity index (χ1) is 9.30. The molecule has 0 amide bonds. The molecule has 2 nitrogen and oxygen atoms in total. The normalized spacial score (nSPS) is 40.8. The highest BCUT2D eigenvalue weighted by atomic mass is 32.2. The number of halogens is 3. The first-order valence-electron chi connectivity index (χ1n) is 7.45. The molecule has 0 bridgehead atoms. The van der Waals surface area contributed by atoms with Gasteiger partial charge in [0.15, 0.2) is 0 Å². The Bertz CT molecular complexity index is 327. The molecule has 20 heavy (non-hydrogen) atoms. The summed E-state index contributed by atoms with van der Waals surface area (Å²) in [5.41, 5.74) is 5.79. The molecule has 1 aliphatic heterocycles. The molecule has 118 valence electrons. The van der Waals surface area contributed by atoms with Gasteiger partial charge < -0.3 is 5.73 Å². The summed E-state index contributed by atoms with van der Waals surface area (Å²) >= 11 is 1.95. The lowest BCUT2D eigenvalue weighted by Gasteiger charge is -2.53. The number of nitrogens with zero attached hydrogens (tertiary/aromatic N) is 1. The molecule has 1 saturated heterocycles. The first kappa shape index (κ1) is 16.4. The van der Waals surface area contributed by atoms with Crippen molar-refractivity contribution < 1.29 is 13.2 Å². The summed E-state index contributed by atoms with van der Waals surface area (Å²) in [7, 11) is 0. The molecule has 2 atom stereocenters. The van der Waals surface area contributed by atoms with E-state index in [0.717, 1.165) is 12.3 Å². The van der Waals surface area contributed by atoms with Gasteiger partial charge in [0, 0.05) is 35.7 Å². The Morgan fingerprint density at radius 3 is 2.35 bits per heavy atom. The van der Waals surface area contributed by atoms with Crippen LogP contribution in [-0.2, 0) is 0 Å². The van der Waals surface area contributed by atoms with Gasteiger partial charge in [0.2, 0.25) is 0 Å². The van der Waals surface area contributed by atoms with E-state index in [1.165, 1.54) is 0 Å². The SMILES string of the molecule is CC1SCCN(C2(CN)CCC(C(F)(F)F)CC2)C1C. The summed E-state index contributed by atoms with van der Waals surface area (Å²) in [6, 6.07) is 0.389. The van der Waals surface area contributed by atoms with Gasteiger partial charge in [-0.2, -0.15) is 24.9 Å². The fourth-order valence-electron chi connectivity index (χ4n) is 3.69. The largest absolute Gasteiger partial charge is 0.391 e. The summed E-state index contributed by atoms with van der Waals surface area (Å²) in [5, 5.41) is 0.521. The summed E-state index contributed by atoms with van der Waals surface area (Å²) in [4.78, 5) is 2.40. The molecule has 2 aliphatic rings. The van der Waals surface area contributed by atoms with E-state index in [0.29, 0.717) is 30.7 Å². The van der Waals surface area contributed by atoms with E-state index in [1.807, 2.05) is 11.8 Å². The van der Waals surface area contributed by atoms with Gasteiger partial charge >= 0.3 is 6.18 Å². The van der Waals surface area contributed by atoms with Gasteiger partial charge in [-0.15, -0.1) is 0 Å². The third-order valence-electron chi connectivity index (χ3n) is 5.25. The number of nitrogens with two attached hydrogens (primary N) is 1. The van der Waals surface area contributed by atoms with E-state index < -0.39 is 12.1 Å². The Kier molecular flexibility index (Phi) is 4.97. The zero-order chi connectivity index (χ0) is 15.0. The fraction of sp³-hybridized carbons (Fsp3) is 1.00. The Balaban J connectivity index is 2.08. The van der Waals surface area contributed by atoms with Gasteiger partial charge in [-0.05, 0) is 32.6 Å². The van der Waals surface area contributed by atoms with Crippen molar-refractivity contribution in [2.45, 2.75) is 62.5 Å². The molecular formula is C14H25F3N2S. The molecule has 0 aromatic rings. The maximum Gasteiger partial charge on any atom is 0.391 e. The summed E-state index contributed by atoms with van der Waals surface area (Å²) in [5.74, 6) is -0.0789. The molecule has 1 saturated carbocycles. The van der Waals surface area contributed by atoms with Gasteiger partial charge in [0.1, 0.15) is 0 Å². The molecule has 0 spiro atoms. The van der Waals surface area contributed by atoms with E-state index in [4.69, 9.17) is 5.73 Å². The van der Waals surface area contributed by atoms with Crippen molar-refractivity contribution in [2.75, 3.05) is 18.8 Å². The lowest BCUT2D eigenvalue weighted by atomic mass is 9.74. The smallest absolute Gasteiger partial charge is 0.329 e. The predicted molar refractivity (Wildman–Crippen MR) is 77.9 cm³/mol. The average Bonchev–Trinajstić information content (AvgIpc) is 2.41. The van der Waals surface area contributed by atoms with Crippen LogP contribution in [-0.4, -0.2) is 46.7 Å². The van der Waals surface area contributed by atoms with E-state index in [2.05, 4.69) is 18.7 Å². The maximum absolute atomic E-state index is 12.8. The molecule has 0 aromatic carbocycles. The third kappa shape index (κ3) is 3.12. The van der Waals surface area contributed by atoms with E-state index in [-0.39, 0.29) is 18.4 Å². The predicted octanol–water partition coefficient (Wildman–Crippen LogP) is 3.26. The molecule has 2 N–H and O–H groups in total. The van der Waals surface area contributed by atoms with Crippen LogP contribution in [0.15, 0.2) is 0 Å². The van der Waals surface area contributed by atoms with Crippen LogP contribution in [0.25, 0.3) is 0 Å². The number of thioether (sulfide) groups is 1. The molecule has 1 heterocycles. The van der Waals surface area contributed by atoms with Crippen LogP contribution >= 0.6 is 11.8 Å². The minimum Gasteiger partial charge on any atom is -0.329 e. The van der Waals surface area contributed by atoms with Crippen molar-refractivity contribution in [1.82, 2.24) is 4.90 Å². The maximum atomic E-state index is 12.8. The van der Waals surface area contributed by atoms with Crippen molar-refractivity contribution in [3.8, 4) is 0 Å². The number of hydrogen-bond acceptors (Lipinski definition) is 3. The number of rotatable bonds is 2. The first-order valence-corrected chi connectivity index (χ1v) is 8.50. The van der Waals surface area contributed by atoms with Crippen LogP contribution in [0.1, 0.15) is 39.5 Å². The van der Waals surface area contributed by atoms with Crippen LogP contribution in [0.4, 0.5) is 13.2 Å². The van der Waals surface area contributed by atoms with Crippen molar-refractivity contribution in [1.29, 1.82) is 0 Å². The molecule has 1 aliphatic carbocycles. The van der Waals surface area contributed by atoms with Crippen LogP contribution in [0.3, 0.4) is 0 Å². The second-order valence-corrected chi connectivity index (χ2v) is 7.74. The fourth-order valence-corrected chi connectivity index (χ4v) is 4.79. The summed E-state index contributed by atoms with van der Waals surface area (Å²) in [6.07, 6.45) is -2.43. The quantitative estimate of drug-likeness (QED) is 0.849. The monoisotopic (exact) mass is 310 g/mol. The van der Waals surface area contributed by atoms with Crippen molar-refractivity contribution in [2.24, 2.45) is 11.7 Å². The van der Waals surface area contributed by atoms with Crippen molar-refractivity contribution >= 4 is 11.8 Å². The highest BCUT2D eigenvalue weighted by Gasteiger charge is 2.49. The topological polar surface area (TPSA) is 29.3 Å². The Morgan fingerprint density at radius 2 is 1.85 bits per heavy atom. The average molecular weight is 310 g/mol. The van der Waals surface area contributed by atoms with Crippen LogP contribution in [0.5, 0.6) is 0 Å². The highest BCUT2D eigenvalue weighted by molar-refractivity contribution is 8.00. The van der Waals surface area contributed by atoms with Gasteiger partial charge in [0.05, 0.1) is 5.92 Å². The van der Waals surface area contributed by atoms with Gasteiger partial charge in [-0.1, -0.05) is 6.92 Å². The minimum absolute atomic E-state index is 0.212. The van der Waals surface area contributed by atoms with Gasteiger partial charge in [0.25, 0.3) is 0 Å². The van der Waals surface area contributed by atoms with Crippen LogP contribution in [0, 0.1) is 5.92 Å². The summed E-state index contributed by atoms with van der Waals surface area (Å²) in [6.45, 7) is 5.81. The van der Waals surface area contributed by atoms with Gasteiger partial charge in [-0.25, -0.2) is 0 Å². The van der Waals surface area contributed by atoms with Crippen molar-refractivity contribution in [3.63, 3.8) is 0 Å². The Hall–Kier alpha value is 0.0600. The molecule has 2 rings (SSSR count). The lowest BCUT2D eigenvalue weighted by molar-refractivity contribution is -0.189. The zero-order valence-corrected chi connectivity index (χ0v) is 13.1. The summed E-state index contributed by atoms with van der Waals surface area (Å²) < 4.78 is 38.5. The molecule has 2 unspecified atom stereocenters. The second kappa shape index (κ2) is 6.05. The van der Waals surface area contributed by atoms with Crippen LogP contribution < -0.4 is 5.73 Å². The highest BCUT2D eigenvalue weighted by Crippen LogP contribution is 2.45. The van der Waals surface area contributed by atoms with E-state index in [1.54, 1.807) is 0 Å². The molecule has 0 radical (unpaired) electrons. The van der Waals surface area contributed by atoms with Gasteiger partial charge in [-0.3, -0.25) is 4.90 Å². The third-order valence-corrected chi connectivity index (χ3v) is 6.59. The van der Waals surface area contributed by atoms with Crippen molar-refractivity contribution in [3.05, 3.63) is 0 Å². The number of hydrogen-bond donors (Lipinski definition) is 1. The lowest BCUT2D eigenvalue weighted by Crippen LogP contribution is -2.62. The molecule has 6 heteroatoms. The van der Waals surface area contributed by atoms with E-state index >= 15 is 0 Å². The molecular weight excluding hydrogens is 285 g/mol. The molecule has 2 fully saturated rings. The zero-order valence-electron chi connectivity index (χ0n) is 12.2. The Labute approximate surface area is 123 Å². The number of alkyl halides is 3. The standard InChI is InChI=1S/C14H25F3N2S/c1-10-11(2)20-8-7-19(10)13(9-18)5-3-12(4-6-13)14(15,16)17/h10-12H,3-9,18H2,1-2H3.